The van der Waals surface area contributed by atoms with Crippen LogP contribution >= 0.6 is 11.6 Å². The van der Waals surface area contributed by atoms with Gasteiger partial charge in [-0.15, -0.1) is 0 Å². The van der Waals surface area contributed by atoms with Crippen LogP contribution in [0.25, 0.3) is 10.9 Å². The van der Waals surface area contributed by atoms with Gasteiger partial charge < -0.3 is 0 Å². The van der Waals surface area contributed by atoms with Gasteiger partial charge in [-0.25, -0.2) is 4.39 Å². The zero-order valence-corrected chi connectivity index (χ0v) is 7.77. The van der Waals surface area contributed by atoms with Gasteiger partial charge in [-0.2, -0.15) is 0 Å². The van der Waals surface area contributed by atoms with Crippen LogP contribution in [0.2, 0.25) is 5.02 Å². The summed E-state index contributed by atoms with van der Waals surface area (Å²) in [6, 6.07) is 4.93. The van der Waals surface area contributed by atoms with Gasteiger partial charge in [-0.1, -0.05) is 11.6 Å². The van der Waals surface area contributed by atoms with E-state index in [2.05, 4.69) is 4.98 Å². The molecule has 13 heavy (non-hydrogen) atoms. The van der Waals surface area contributed by atoms with Gasteiger partial charge in [-0.05, 0) is 25.1 Å². The molecule has 0 aliphatic carbocycles. The van der Waals surface area contributed by atoms with Crippen molar-refractivity contribution in [3.05, 3.63) is 40.8 Å². The van der Waals surface area contributed by atoms with Crippen LogP contribution in [0.4, 0.5) is 4.39 Å². The normalized spacial score (nSPS) is 10.7. The summed E-state index contributed by atoms with van der Waals surface area (Å²) >= 11 is 5.85. The number of hydrogen-bond acceptors (Lipinski definition) is 1. The number of benzene rings is 1. The molecule has 0 aliphatic rings. The summed E-state index contributed by atoms with van der Waals surface area (Å²) in [5.74, 6) is -0.309. The van der Waals surface area contributed by atoms with E-state index < -0.39 is 0 Å². The Bertz CT molecular complexity index is 468. The van der Waals surface area contributed by atoms with Crippen LogP contribution in [0.5, 0.6) is 0 Å². The van der Waals surface area contributed by atoms with Gasteiger partial charge in [-0.3, -0.25) is 4.98 Å². The second-order valence-electron chi connectivity index (χ2n) is 2.86. The second kappa shape index (κ2) is 2.96. The monoisotopic (exact) mass is 195 g/mol. The number of hydrogen-bond donors (Lipinski definition) is 0. The molecule has 0 N–H and O–H groups in total. The molecule has 1 heterocycles. The maximum absolute atomic E-state index is 13.2. The number of nitrogens with zero attached hydrogens (tertiary/aromatic N) is 1. The van der Waals surface area contributed by atoms with Crippen LogP contribution in [0.15, 0.2) is 24.4 Å². The lowest BCUT2D eigenvalue weighted by Gasteiger charge is -2.03. The Kier molecular flexibility index (Phi) is 1.93. The third kappa shape index (κ3) is 1.27. The second-order valence-corrected chi connectivity index (χ2v) is 3.27. The van der Waals surface area contributed by atoms with E-state index in [0.29, 0.717) is 16.1 Å². The van der Waals surface area contributed by atoms with E-state index in [0.717, 1.165) is 5.39 Å². The van der Waals surface area contributed by atoms with Crippen molar-refractivity contribution in [1.82, 2.24) is 4.98 Å². The highest BCUT2D eigenvalue weighted by molar-refractivity contribution is 6.35. The molecule has 2 aromatic rings. The average Bonchev–Trinajstić information content (AvgIpc) is 2.15. The van der Waals surface area contributed by atoms with E-state index in [4.69, 9.17) is 11.6 Å². The fourth-order valence-electron chi connectivity index (χ4n) is 1.31. The Balaban J connectivity index is 2.97. The molecule has 3 heteroatoms. The first kappa shape index (κ1) is 8.45. The zero-order valence-electron chi connectivity index (χ0n) is 7.01. The molecule has 0 atom stereocenters. The summed E-state index contributed by atoms with van der Waals surface area (Å²) in [6.07, 6.45) is 1.63. The van der Waals surface area contributed by atoms with Crippen LogP contribution in [0, 0.1) is 12.7 Å². The third-order valence-corrected chi connectivity index (χ3v) is 2.34. The van der Waals surface area contributed by atoms with Crippen LogP contribution in [-0.4, -0.2) is 4.98 Å². The van der Waals surface area contributed by atoms with Gasteiger partial charge >= 0.3 is 0 Å². The smallest absolute Gasteiger partial charge is 0.129 e. The van der Waals surface area contributed by atoms with Gasteiger partial charge in [0.25, 0.3) is 0 Å². The number of halogens is 2. The molecule has 1 aromatic carbocycles. The molecule has 0 saturated carbocycles. The number of aromatic nitrogens is 1. The molecule has 0 aliphatic heterocycles. The number of rotatable bonds is 0. The highest BCUT2D eigenvalue weighted by atomic mass is 35.5. The van der Waals surface area contributed by atoms with Crippen LogP contribution in [-0.2, 0) is 0 Å². The van der Waals surface area contributed by atoms with Gasteiger partial charge in [0.1, 0.15) is 5.82 Å². The molecular weight excluding hydrogens is 189 g/mol. The fraction of sp³-hybridized carbons (Fsp3) is 0.100. The van der Waals surface area contributed by atoms with Crippen molar-refractivity contribution in [3.8, 4) is 0 Å². The van der Waals surface area contributed by atoms with E-state index in [1.165, 1.54) is 6.07 Å². The summed E-state index contributed by atoms with van der Waals surface area (Å²) < 4.78 is 13.2. The molecule has 0 saturated heterocycles. The van der Waals surface area contributed by atoms with Crippen LogP contribution < -0.4 is 0 Å². The zero-order chi connectivity index (χ0) is 9.42. The van der Waals surface area contributed by atoms with E-state index in [1.807, 2.05) is 6.07 Å². The topological polar surface area (TPSA) is 12.9 Å². The number of fused-ring (bicyclic) bond motifs is 1. The first-order valence-corrected chi connectivity index (χ1v) is 4.27. The molecule has 0 spiro atoms. The lowest BCUT2D eigenvalue weighted by molar-refractivity contribution is 0.620. The van der Waals surface area contributed by atoms with Crippen LogP contribution in [0.1, 0.15) is 5.56 Å². The molecular formula is C10H7ClFN. The van der Waals surface area contributed by atoms with Crippen molar-refractivity contribution in [2.75, 3.05) is 0 Å². The van der Waals surface area contributed by atoms with Gasteiger partial charge in [0.05, 0.1) is 10.5 Å². The first-order valence-electron chi connectivity index (χ1n) is 3.89. The van der Waals surface area contributed by atoms with E-state index in [9.17, 15) is 4.39 Å². The maximum atomic E-state index is 13.2. The van der Waals surface area contributed by atoms with Crippen LogP contribution in [0.3, 0.4) is 0 Å². The van der Waals surface area contributed by atoms with Crippen molar-refractivity contribution in [2.45, 2.75) is 6.92 Å². The van der Waals surface area contributed by atoms with Gasteiger partial charge in [0.15, 0.2) is 0 Å². The van der Waals surface area contributed by atoms with E-state index >= 15 is 0 Å². The Morgan fingerprint density at radius 1 is 1.46 bits per heavy atom. The molecule has 0 radical (unpaired) electrons. The number of aryl methyl sites for hydroxylation is 1. The summed E-state index contributed by atoms with van der Waals surface area (Å²) in [5, 5.41) is 1.20. The molecule has 0 bridgehead atoms. The fourth-order valence-corrected chi connectivity index (χ4v) is 1.56. The van der Waals surface area contributed by atoms with Gasteiger partial charge in [0, 0.05) is 17.1 Å². The summed E-state index contributed by atoms with van der Waals surface area (Å²) in [4.78, 5) is 4.08. The Morgan fingerprint density at radius 3 is 3.00 bits per heavy atom. The minimum absolute atomic E-state index is 0.309. The molecule has 66 valence electrons. The molecule has 2 rings (SSSR count). The quantitative estimate of drug-likeness (QED) is 0.628. The molecule has 0 amide bonds. The largest absolute Gasteiger partial charge is 0.256 e. The average molecular weight is 196 g/mol. The molecule has 0 fully saturated rings. The minimum atomic E-state index is -0.309. The summed E-state index contributed by atoms with van der Waals surface area (Å²) in [7, 11) is 0. The summed E-state index contributed by atoms with van der Waals surface area (Å²) in [5.41, 5.74) is 1.17. The Morgan fingerprint density at radius 2 is 2.23 bits per heavy atom. The Hall–Kier alpha value is -1.15. The van der Waals surface area contributed by atoms with Crippen molar-refractivity contribution in [1.29, 1.82) is 0 Å². The predicted molar refractivity (Wildman–Crippen MR) is 51.4 cm³/mol. The molecule has 1 nitrogen and oxygen atoms in total. The number of pyridine rings is 1. The predicted octanol–water partition coefficient (Wildman–Crippen LogP) is 3.34. The molecule has 0 unspecified atom stereocenters. The van der Waals surface area contributed by atoms with Gasteiger partial charge in [0.2, 0.25) is 0 Å². The standard InChI is InChI=1S/C10H7ClFN/c1-6-9(12)5-8(11)7-3-2-4-13-10(6)7/h2-5H,1H3. The lowest BCUT2D eigenvalue weighted by atomic mass is 10.1. The van der Waals surface area contributed by atoms with Crippen molar-refractivity contribution >= 4 is 22.5 Å². The highest BCUT2D eigenvalue weighted by Crippen LogP contribution is 2.26. The van der Waals surface area contributed by atoms with Crippen molar-refractivity contribution in [2.24, 2.45) is 0 Å². The van der Waals surface area contributed by atoms with E-state index in [1.54, 1.807) is 19.2 Å². The third-order valence-electron chi connectivity index (χ3n) is 2.03. The Labute approximate surface area is 80.2 Å². The van der Waals surface area contributed by atoms with Crippen molar-refractivity contribution in [3.63, 3.8) is 0 Å². The van der Waals surface area contributed by atoms with Crippen molar-refractivity contribution < 1.29 is 4.39 Å². The first-order chi connectivity index (χ1) is 6.20. The maximum Gasteiger partial charge on any atom is 0.129 e. The SMILES string of the molecule is Cc1c(F)cc(Cl)c2cccnc12. The lowest BCUT2D eigenvalue weighted by Crippen LogP contribution is -1.88. The molecule has 1 aromatic heterocycles. The highest BCUT2D eigenvalue weighted by Gasteiger charge is 2.07. The summed E-state index contributed by atoms with van der Waals surface area (Å²) in [6.45, 7) is 1.70. The van der Waals surface area contributed by atoms with E-state index in [-0.39, 0.29) is 5.82 Å². The minimum Gasteiger partial charge on any atom is -0.256 e.